The molecule has 0 saturated carbocycles. The van der Waals surface area contributed by atoms with Crippen LogP contribution in [-0.4, -0.2) is 19.4 Å². The van der Waals surface area contributed by atoms with Crippen molar-refractivity contribution in [1.82, 2.24) is 9.38 Å². The number of nitro groups is 1. The Balaban J connectivity index is 2.20. The van der Waals surface area contributed by atoms with Crippen LogP contribution in [-0.2, 0) is 6.61 Å². The van der Waals surface area contributed by atoms with Crippen LogP contribution in [0, 0.1) is 17.0 Å². The van der Waals surface area contributed by atoms with Crippen molar-refractivity contribution in [3.05, 3.63) is 57.8 Å². The van der Waals surface area contributed by atoms with Crippen LogP contribution in [0.2, 0.25) is 0 Å². The van der Waals surface area contributed by atoms with E-state index in [1.54, 1.807) is 41.8 Å². The molecule has 0 amide bonds. The van der Waals surface area contributed by atoms with E-state index in [2.05, 4.69) is 4.98 Å². The Morgan fingerprint density at radius 3 is 2.82 bits per heavy atom. The number of imidazole rings is 1. The molecule has 2 heterocycles. The average molecular weight is 298 g/mol. The summed E-state index contributed by atoms with van der Waals surface area (Å²) in [4.78, 5) is 15.1. The molecule has 0 radical (unpaired) electrons. The lowest BCUT2D eigenvalue weighted by atomic mass is 10.1. The van der Waals surface area contributed by atoms with Gasteiger partial charge in [-0.3, -0.25) is 14.5 Å². The summed E-state index contributed by atoms with van der Waals surface area (Å²) in [7, 11) is 0. The quantitative estimate of drug-likeness (QED) is 0.570. The number of hydrogen-bond acceptors (Lipinski definition) is 5. The lowest BCUT2D eigenvalue weighted by molar-refractivity contribution is -0.385. The minimum Gasteiger partial charge on any atom is -0.392 e. The number of rotatable bonds is 3. The van der Waals surface area contributed by atoms with Gasteiger partial charge in [0.15, 0.2) is 0 Å². The Labute approximate surface area is 125 Å². The number of aliphatic hydroxyl groups excluding tert-OH is 1. The minimum atomic E-state index is -0.422. The number of nitro benzene ring substituents is 1. The highest BCUT2D eigenvalue weighted by molar-refractivity contribution is 5.76. The maximum absolute atomic E-state index is 11.1. The molecule has 7 heteroatoms. The molecule has 0 unspecified atom stereocenters. The highest BCUT2D eigenvalue weighted by atomic mass is 16.6. The first-order chi connectivity index (χ1) is 10.5. The third-order valence-electron chi connectivity index (χ3n) is 3.59. The highest BCUT2D eigenvalue weighted by Gasteiger charge is 2.16. The number of aryl methyl sites for hydroxylation is 1. The summed E-state index contributed by atoms with van der Waals surface area (Å²) in [5, 5.41) is 20.2. The number of hydrogen-bond donors (Lipinski definition) is 2. The Kier molecular flexibility index (Phi) is 3.26. The van der Waals surface area contributed by atoms with E-state index in [9.17, 15) is 15.2 Å². The molecule has 22 heavy (non-hydrogen) atoms. The number of pyridine rings is 1. The number of nitrogens with zero attached hydrogens (tertiary/aromatic N) is 3. The van der Waals surface area contributed by atoms with E-state index < -0.39 is 4.92 Å². The fourth-order valence-electron chi connectivity index (χ4n) is 2.37. The van der Waals surface area contributed by atoms with Gasteiger partial charge in [-0.05, 0) is 24.6 Å². The summed E-state index contributed by atoms with van der Waals surface area (Å²) in [6.07, 6.45) is 1.72. The van der Waals surface area contributed by atoms with Crippen LogP contribution in [0.4, 0.5) is 11.5 Å². The second kappa shape index (κ2) is 5.12. The molecule has 0 aliphatic rings. The second-order valence-electron chi connectivity index (χ2n) is 5.03. The van der Waals surface area contributed by atoms with Gasteiger partial charge in [0.2, 0.25) is 0 Å². The van der Waals surface area contributed by atoms with Gasteiger partial charge < -0.3 is 10.8 Å². The van der Waals surface area contributed by atoms with Crippen molar-refractivity contribution in [3.63, 3.8) is 0 Å². The van der Waals surface area contributed by atoms with Crippen molar-refractivity contribution >= 4 is 17.2 Å². The molecule has 0 aliphatic heterocycles. The minimum absolute atomic E-state index is 0.0324. The van der Waals surface area contributed by atoms with Crippen LogP contribution in [0.1, 0.15) is 11.1 Å². The molecule has 0 aliphatic carbocycles. The van der Waals surface area contributed by atoms with E-state index >= 15 is 0 Å². The van der Waals surface area contributed by atoms with Crippen molar-refractivity contribution in [2.45, 2.75) is 13.5 Å². The molecule has 1 aromatic carbocycles. The second-order valence-corrected chi connectivity index (χ2v) is 5.03. The van der Waals surface area contributed by atoms with Gasteiger partial charge in [0.25, 0.3) is 5.69 Å². The fourth-order valence-corrected chi connectivity index (χ4v) is 2.37. The fraction of sp³-hybridized carbons (Fsp3) is 0.133. The smallest absolute Gasteiger partial charge is 0.272 e. The lowest BCUT2D eigenvalue weighted by Crippen LogP contribution is -1.96. The zero-order chi connectivity index (χ0) is 15.9. The molecule has 0 spiro atoms. The largest absolute Gasteiger partial charge is 0.392 e. The summed E-state index contributed by atoms with van der Waals surface area (Å²) in [6.45, 7) is 1.59. The van der Waals surface area contributed by atoms with Gasteiger partial charge in [-0.25, -0.2) is 4.98 Å². The monoisotopic (exact) mass is 298 g/mol. The Morgan fingerprint density at radius 2 is 2.14 bits per heavy atom. The summed E-state index contributed by atoms with van der Waals surface area (Å²) in [5.74, 6) is 0.401. The topological polar surface area (TPSA) is 107 Å². The van der Waals surface area contributed by atoms with E-state index in [1.807, 2.05) is 0 Å². The lowest BCUT2D eigenvalue weighted by Gasteiger charge is -2.02. The van der Waals surface area contributed by atoms with Gasteiger partial charge in [0.05, 0.1) is 11.5 Å². The molecular formula is C15H14N4O3. The van der Waals surface area contributed by atoms with Crippen molar-refractivity contribution in [1.29, 1.82) is 0 Å². The van der Waals surface area contributed by atoms with E-state index in [-0.39, 0.29) is 12.3 Å². The van der Waals surface area contributed by atoms with E-state index in [4.69, 9.17) is 5.73 Å². The first kappa shape index (κ1) is 14.0. The van der Waals surface area contributed by atoms with E-state index in [0.29, 0.717) is 28.3 Å². The number of anilines is 1. The predicted octanol–water partition coefficient (Wildman–Crippen LogP) is 2.29. The SMILES string of the molecule is Cc1ccc(-c2nc3cc(CO)ccn3c2N)cc1[N+](=O)[O-]. The molecule has 3 aromatic rings. The zero-order valence-corrected chi connectivity index (χ0v) is 11.9. The van der Waals surface area contributed by atoms with Crippen molar-refractivity contribution in [2.24, 2.45) is 0 Å². The predicted molar refractivity (Wildman–Crippen MR) is 82.4 cm³/mol. The maximum Gasteiger partial charge on any atom is 0.272 e. The summed E-state index contributed by atoms with van der Waals surface area (Å²) >= 11 is 0. The van der Waals surface area contributed by atoms with Crippen LogP contribution < -0.4 is 5.73 Å². The molecule has 0 atom stereocenters. The molecule has 0 saturated heterocycles. The molecule has 7 nitrogen and oxygen atoms in total. The number of aliphatic hydroxyl groups is 1. The molecule has 2 aromatic heterocycles. The van der Waals surface area contributed by atoms with Gasteiger partial charge in [-0.2, -0.15) is 0 Å². The molecule has 0 fully saturated rings. The van der Waals surface area contributed by atoms with Crippen LogP contribution >= 0.6 is 0 Å². The number of aromatic nitrogens is 2. The van der Waals surface area contributed by atoms with Crippen LogP contribution in [0.5, 0.6) is 0 Å². The van der Waals surface area contributed by atoms with Crippen LogP contribution in [0.15, 0.2) is 36.5 Å². The maximum atomic E-state index is 11.1. The Bertz CT molecular complexity index is 886. The number of fused-ring (bicyclic) bond motifs is 1. The van der Waals surface area contributed by atoms with Crippen LogP contribution in [0.3, 0.4) is 0 Å². The standard InChI is InChI=1S/C15H14N4O3/c1-9-2-3-11(7-12(9)19(21)22)14-15(16)18-5-4-10(8-20)6-13(18)17-14/h2-7,20H,8,16H2,1H3. The summed E-state index contributed by atoms with van der Waals surface area (Å²) in [5.41, 5.74) is 9.09. The zero-order valence-electron chi connectivity index (χ0n) is 11.9. The van der Waals surface area contributed by atoms with Gasteiger partial charge in [0, 0.05) is 23.4 Å². The van der Waals surface area contributed by atoms with Crippen LogP contribution in [0.25, 0.3) is 16.9 Å². The Hall–Kier alpha value is -2.93. The number of nitrogens with two attached hydrogens (primary N) is 1. The van der Waals surface area contributed by atoms with Gasteiger partial charge >= 0.3 is 0 Å². The van der Waals surface area contributed by atoms with E-state index in [1.165, 1.54) is 6.07 Å². The highest BCUT2D eigenvalue weighted by Crippen LogP contribution is 2.30. The number of benzene rings is 1. The molecule has 112 valence electrons. The van der Waals surface area contributed by atoms with Gasteiger partial charge in [0.1, 0.15) is 17.2 Å². The molecular weight excluding hydrogens is 284 g/mol. The average Bonchev–Trinajstić information content (AvgIpc) is 2.84. The third-order valence-corrected chi connectivity index (χ3v) is 3.59. The van der Waals surface area contributed by atoms with Crippen molar-refractivity contribution < 1.29 is 10.0 Å². The Morgan fingerprint density at radius 1 is 1.36 bits per heavy atom. The third kappa shape index (κ3) is 2.17. The van der Waals surface area contributed by atoms with Crippen molar-refractivity contribution in [3.8, 4) is 11.3 Å². The first-order valence-corrected chi connectivity index (χ1v) is 6.64. The summed E-state index contributed by atoms with van der Waals surface area (Å²) < 4.78 is 1.68. The normalized spacial score (nSPS) is 11.0. The number of nitrogen functional groups attached to an aromatic ring is 1. The van der Waals surface area contributed by atoms with Crippen molar-refractivity contribution in [2.75, 3.05) is 5.73 Å². The van der Waals surface area contributed by atoms with Gasteiger partial charge in [-0.15, -0.1) is 0 Å². The van der Waals surface area contributed by atoms with E-state index in [0.717, 1.165) is 5.56 Å². The van der Waals surface area contributed by atoms with Gasteiger partial charge in [-0.1, -0.05) is 12.1 Å². The molecule has 3 N–H and O–H groups in total. The molecule has 3 rings (SSSR count). The molecule has 0 bridgehead atoms. The first-order valence-electron chi connectivity index (χ1n) is 6.64. The summed E-state index contributed by atoms with van der Waals surface area (Å²) in [6, 6.07) is 8.37.